The molecular formula is C18H32N4O2S. The first-order valence-electron chi connectivity index (χ1n) is 9.08. The van der Waals surface area contributed by atoms with Gasteiger partial charge < -0.3 is 20.5 Å². The number of rotatable bonds is 11. The van der Waals surface area contributed by atoms with Gasteiger partial charge in [-0.3, -0.25) is 4.90 Å². The summed E-state index contributed by atoms with van der Waals surface area (Å²) in [5, 5.41) is 19.2. The first-order valence-corrected chi connectivity index (χ1v) is 9.96. The monoisotopic (exact) mass is 368 g/mol. The van der Waals surface area contributed by atoms with Gasteiger partial charge in [0.1, 0.15) is 5.60 Å². The zero-order valence-electron chi connectivity index (χ0n) is 15.6. The molecule has 2 rings (SSSR count). The lowest BCUT2D eigenvalue weighted by molar-refractivity contribution is 0.0711. The standard InChI is InChI=1S/C18H32N4O2S/c1-4-19-17(21-14-18(2,23)16-6-5-13-25-16)20-9-10-22(11-12-24-3)15-7-8-15/h5-6,13,15,23H,4,7-12,14H2,1-3H3,(H2,19,20,21). The fourth-order valence-electron chi connectivity index (χ4n) is 2.68. The van der Waals surface area contributed by atoms with E-state index in [1.54, 1.807) is 18.4 Å². The lowest BCUT2D eigenvalue weighted by atomic mass is 10.1. The minimum Gasteiger partial charge on any atom is -0.383 e. The highest BCUT2D eigenvalue weighted by atomic mass is 32.1. The van der Waals surface area contributed by atoms with E-state index >= 15 is 0 Å². The molecular weight excluding hydrogens is 336 g/mol. The summed E-state index contributed by atoms with van der Waals surface area (Å²) in [4.78, 5) is 7.98. The van der Waals surface area contributed by atoms with Gasteiger partial charge in [0.2, 0.25) is 0 Å². The zero-order valence-corrected chi connectivity index (χ0v) is 16.4. The summed E-state index contributed by atoms with van der Waals surface area (Å²) in [6, 6.07) is 4.62. The van der Waals surface area contributed by atoms with Crippen LogP contribution in [0.5, 0.6) is 0 Å². The molecule has 1 aromatic rings. The molecule has 142 valence electrons. The van der Waals surface area contributed by atoms with Gasteiger partial charge in [-0.15, -0.1) is 11.3 Å². The molecule has 1 aliphatic carbocycles. The fraction of sp³-hybridized carbons (Fsp3) is 0.722. The molecule has 1 unspecified atom stereocenters. The highest BCUT2D eigenvalue weighted by Crippen LogP contribution is 2.26. The quantitative estimate of drug-likeness (QED) is 0.409. The van der Waals surface area contributed by atoms with Crippen LogP contribution >= 0.6 is 11.3 Å². The molecule has 1 heterocycles. The number of methoxy groups -OCH3 is 1. The lowest BCUT2D eigenvalue weighted by Crippen LogP contribution is -2.43. The molecule has 0 amide bonds. The summed E-state index contributed by atoms with van der Waals surface area (Å²) in [5.74, 6) is 0.752. The van der Waals surface area contributed by atoms with E-state index in [0.29, 0.717) is 6.54 Å². The number of nitrogens with one attached hydrogen (secondary N) is 2. The Bertz CT molecular complexity index is 515. The maximum Gasteiger partial charge on any atom is 0.191 e. The molecule has 25 heavy (non-hydrogen) atoms. The summed E-state index contributed by atoms with van der Waals surface area (Å²) in [7, 11) is 1.75. The van der Waals surface area contributed by atoms with Crippen LogP contribution in [0.1, 0.15) is 31.6 Å². The van der Waals surface area contributed by atoms with Crippen molar-refractivity contribution in [1.82, 2.24) is 15.5 Å². The van der Waals surface area contributed by atoms with Gasteiger partial charge in [0.15, 0.2) is 5.96 Å². The van der Waals surface area contributed by atoms with Crippen molar-refractivity contribution in [3.8, 4) is 0 Å². The number of nitrogens with zero attached hydrogens (tertiary/aromatic N) is 2. The molecule has 6 nitrogen and oxygen atoms in total. The molecule has 1 saturated carbocycles. The minimum atomic E-state index is -0.935. The number of aliphatic imine (C=N–C) groups is 1. The molecule has 1 aromatic heterocycles. The Labute approximate surface area is 155 Å². The SMILES string of the molecule is CCNC(=NCC(C)(O)c1cccs1)NCCN(CCOC)C1CC1. The van der Waals surface area contributed by atoms with Crippen LogP contribution in [0.25, 0.3) is 0 Å². The van der Waals surface area contributed by atoms with Crippen LogP contribution in [0, 0.1) is 0 Å². The zero-order chi connectivity index (χ0) is 18.1. The summed E-state index contributed by atoms with van der Waals surface area (Å²) in [6.45, 7) is 8.53. The van der Waals surface area contributed by atoms with E-state index in [2.05, 4.69) is 20.5 Å². The van der Waals surface area contributed by atoms with Crippen molar-refractivity contribution in [2.75, 3.05) is 46.4 Å². The Hall–Kier alpha value is -1.15. The predicted molar refractivity (Wildman–Crippen MR) is 104 cm³/mol. The number of aliphatic hydroxyl groups is 1. The third kappa shape index (κ3) is 6.93. The minimum absolute atomic E-state index is 0.332. The van der Waals surface area contributed by atoms with Crippen LogP contribution in [0.15, 0.2) is 22.5 Å². The number of hydrogen-bond acceptors (Lipinski definition) is 5. The average Bonchev–Trinajstić information content (AvgIpc) is 3.27. The van der Waals surface area contributed by atoms with Crippen LogP contribution in [-0.2, 0) is 10.3 Å². The molecule has 0 aromatic carbocycles. The number of guanidine groups is 1. The second-order valence-electron chi connectivity index (χ2n) is 6.63. The van der Waals surface area contributed by atoms with Crippen LogP contribution in [-0.4, -0.2) is 68.4 Å². The van der Waals surface area contributed by atoms with Gasteiger partial charge in [0.25, 0.3) is 0 Å². The summed E-state index contributed by atoms with van der Waals surface area (Å²) in [6.07, 6.45) is 2.59. The Morgan fingerprint density at radius 1 is 1.44 bits per heavy atom. The van der Waals surface area contributed by atoms with E-state index in [4.69, 9.17) is 4.74 Å². The van der Waals surface area contributed by atoms with E-state index < -0.39 is 5.60 Å². The van der Waals surface area contributed by atoms with Gasteiger partial charge in [0.05, 0.1) is 13.2 Å². The molecule has 0 spiro atoms. The Morgan fingerprint density at radius 3 is 2.84 bits per heavy atom. The highest BCUT2D eigenvalue weighted by Gasteiger charge is 2.28. The predicted octanol–water partition coefficient (Wildman–Crippen LogP) is 1.62. The van der Waals surface area contributed by atoms with Crippen molar-refractivity contribution >= 4 is 17.3 Å². The van der Waals surface area contributed by atoms with E-state index in [1.165, 1.54) is 12.8 Å². The average molecular weight is 369 g/mol. The molecule has 0 bridgehead atoms. The maximum atomic E-state index is 10.6. The van der Waals surface area contributed by atoms with Crippen molar-refractivity contribution in [3.63, 3.8) is 0 Å². The topological polar surface area (TPSA) is 69.1 Å². The number of ether oxygens (including phenoxy) is 1. The van der Waals surface area contributed by atoms with Gasteiger partial charge in [-0.1, -0.05) is 6.07 Å². The fourth-order valence-corrected chi connectivity index (χ4v) is 3.46. The maximum absolute atomic E-state index is 10.6. The summed E-state index contributed by atoms with van der Waals surface area (Å²) >= 11 is 1.56. The van der Waals surface area contributed by atoms with Crippen molar-refractivity contribution in [1.29, 1.82) is 0 Å². The van der Waals surface area contributed by atoms with Crippen molar-refractivity contribution in [3.05, 3.63) is 22.4 Å². The highest BCUT2D eigenvalue weighted by molar-refractivity contribution is 7.10. The van der Waals surface area contributed by atoms with E-state index in [0.717, 1.165) is 49.7 Å². The summed E-state index contributed by atoms with van der Waals surface area (Å²) < 4.78 is 5.20. The lowest BCUT2D eigenvalue weighted by Gasteiger charge is -2.23. The normalized spacial score (nSPS) is 17.6. The molecule has 1 atom stereocenters. The Kier molecular flexibility index (Phi) is 8.15. The molecule has 1 aliphatic rings. The Morgan fingerprint density at radius 2 is 2.24 bits per heavy atom. The third-order valence-electron chi connectivity index (χ3n) is 4.28. The molecule has 0 aliphatic heterocycles. The molecule has 0 saturated heterocycles. The first kappa shape index (κ1) is 20.2. The van der Waals surface area contributed by atoms with E-state index in [1.807, 2.05) is 31.4 Å². The largest absolute Gasteiger partial charge is 0.383 e. The molecule has 0 radical (unpaired) electrons. The summed E-state index contributed by atoms with van der Waals surface area (Å²) in [5.41, 5.74) is -0.935. The van der Waals surface area contributed by atoms with Crippen LogP contribution < -0.4 is 10.6 Å². The molecule has 7 heteroatoms. The van der Waals surface area contributed by atoms with E-state index in [-0.39, 0.29) is 0 Å². The van der Waals surface area contributed by atoms with Crippen molar-refractivity contribution in [2.45, 2.75) is 38.3 Å². The van der Waals surface area contributed by atoms with Crippen molar-refractivity contribution < 1.29 is 9.84 Å². The first-order chi connectivity index (χ1) is 12.1. The Balaban J connectivity index is 1.82. The van der Waals surface area contributed by atoms with Gasteiger partial charge in [-0.25, -0.2) is 4.99 Å². The van der Waals surface area contributed by atoms with Gasteiger partial charge >= 0.3 is 0 Å². The molecule has 1 fully saturated rings. The smallest absolute Gasteiger partial charge is 0.191 e. The van der Waals surface area contributed by atoms with Gasteiger partial charge in [0, 0.05) is 44.2 Å². The number of hydrogen-bond donors (Lipinski definition) is 3. The van der Waals surface area contributed by atoms with Crippen LogP contribution in [0.3, 0.4) is 0 Å². The van der Waals surface area contributed by atoms with E-state index in [9.17, 15) is 5.11 Å². The molecule has 3 N–H and O–H groups in total. The van der Waals surface area contributed by atoms with Gasteiger partial charge in [-0.2, -0.15) is 0 Å². The van der Waals surface area contributed by atoms with Gasteiger partial charge in [-0.05, 0) is 38.1 Å². The second-order valence-corrected chi connectivity index (χ2v) is 7.58. The van der Waals surface area contributed by atoms with Crippen LogP contribution in [0.2, 0.25) is 0 Å². The van der Waals surface area contributed by atoms with Crippen LogP contribution in [0.4, 0.5) is 0 Å². The second kappa shape index (κ2) is 10.1. The van der Waals surface area contributed by atoms with Crippen molar-refractivity contribution in [2.24, 2.45) is 4.99 Å². The third-order valence-corrected chi connectivity index (χ3v) is 5.40. The number of thiophene rings is 1.